The predicted molar refractivity (Wildman–Crippen MR) is 122 cm³/mol. The van der Waals surface area contributed by atoms with E-state index in [0.717, 1.165) is 29.1 Å². The Kier molecular flexibility index (Phi) is 6.49. The number of rotatable bonds is 8. The topological polar surface area (TPSA) is 112 Å². The molecule has 1 aliphatic rings. The monoisotopic (exact) mass is 477 g/mol. The molecule has 4 rings (SSSR count). The molecule has 0 radical (unpaired) electrons. The third-order valence-corrected chi connectivity index (χ3v) is 6.92. The van der Waals surface area contributed by atoms with Crippen LogP contribution in [0.2, 0.25) is 5.02 Å². The number of carbonyl (C=O) groups is 2. The predicted octanol–water partition coefficient (Wildman–Crippen LogP) is 4.16. The molecule has 1 amide bonds. The Morgan fingerprint density at radius 2 is 2.06 bits per heavy atom. The summed E-state index contributed by atoms with van der Waals surface area (Å²) in [5.74, 6) is 6.45. The van der Waals surface area contributed by atoms with E-state index in [0.29, 0.717) is 26.7 Å². The van der Waals surface area contributed by atoms with Crippen molar-refractivity contribution in [1.29, 1.82) is 0 Å². The fourth-order valence-electron chi connectivity index (χ4n) is 2.91. The number of nitrogens with zero attached hydrogens (tertiary/aromatic N) is 3. The van der Waals surface area contributed by atoms with Crippen molar-refractivity contribution in [3.05, 3.63) is 46.1 Å². The number of nitrogens with one attached hydrogen (secondary N) is 1. The fourth-order valence-corrected chi connectivity index (χ4v) is 4.71. The second kappa shape index (κ2) is 9.29. The third-order valence-electron chi connectivity index (χ3n) is 4.56. The van der Waals surface area contributed by atoms with E-state index in [2.05, 4.69) is 15.5 Å². The lowest BCUT2D eigenvalue weighted by molar-refractivity contribution is -0.113. The zero-order valence-electron chi connectivity index (χ0n) is 16.6. The van der Waals surface area contributed by atoms with Crippen molar-refractivity contribution in [2.75, 3.05) is 23.5 Å². The largest absolute Gasteiger partial charge is 0.462 e. The first-order valence-corrected chi connectivity index (χ1v) is 11.8. The summed E-state index contributed by atoms with van der Waals surface area (Å²) >= 11 is 8.41. The molecular weight excluding hydrogens is 458 g/mol. The van der Waals surface area contributed by atoms with Gasteiger partial charge in [0, 0.05) is 15.8 Å². The number of halogens is 1. The highest BCUT2D eigenvalue weighted by Gasteiger charge is 2.30. The molecule has 162 valence electrons. The number of hydrogen-bond donors (Lipinski definition) is 2. The van der Waals surface area contributed by atoms with Crippen molar-refractivity contribution in [3.8, 4) is 10.4 Å². The lowest BCUT2D eigenvalue weighted by Crippen LogP contribution is -2.18. The summed E-state index contributed by atoms with van der Waals surface area (Å²) in [7, 11) is 0. The molecule has 0 bridgehead atoms. The summed E-state index contributed by atoms with van der Waals surface area (Å²) < 4.78 is 6.60. The molecule has 3 aromatic rings. The first-order valence-electron chi connectivity index (χ1n) is 9.66. The van der Waals surface area contributed by atoms with E-state index >= 15 is 0 Å². The Labute approximate surface area is 192 Å². The SMILES string of the molecule is CCOC(=O)c1sc(-c2ccc(Cl)cc2)cc1NC(=O)CSc1nnc(C2CC2)n1N. The third kappa shape index (κ3) is 5.03. The Balaban J connectivity index is 1.48. The zero-order valence-corrected chi connectivity index (χ0v) is 19.0. The van der Waals surface area contributed by atoms with E-state index in [1.54, 1.807) is 25.1 Å². The molecule has 3 N–H and O–H groups in total. The van der Waals surface area contributed by atoms with E-state index in [1.165, 1.54) is 27.8 Å². The maximum Gasteiger partial charge on any atom is 0.350 e. The number of thioether (sulfide) groups is 1. The summed E-state index contributed by atoms with van der Waals surface area (Å²) in [6, 6.07) is 9.02. The number of amides is 1. The summed E-state index contributed by atoms with van der Waals surface area (Å²) in [5, 5.41) is 12.1. The molecule has 2 heterocycles. The van der Waals surface area contributed by atoms with Crippen LogP contribution in [0.15, 0.2) is 35.5 Å². The van der Waals surface area contributed by atoms with E-state index in [9.17, 15) is 9.59 Å². The fraction of sp³-hybridized carbons (Fsp3) is 0.300. The van der Waals surface area contributed by atoms with Crippen molar-refractivity contribution >= 4 is 52.3 Å². The van der Waals surface area contributed by atoms with Crippen molar-refractivity contribution in [3.63, 3.8) is 0 Å². The lowest BCUT2D eigenvalue weighted by atomic mass is 10.2. The number of anilines is 1. The van der Waals surface area contributed by atoms with Crippen LogP contribution in [-0.4, -0.2) is 39.1 Å². The Hall–Kier alpha value is -2.56. The number of nitrogen functional groups attached to an aromatic ring is 1. The maximum atomic E-state index is 12.6. The second-order valence-corrected chi connectivity index (χ2v) is 9.33. The molecule has 8 nitrogen and oxygen atoms in total. The van der Waals surface area contributed by atoms with Crippen LogP contribution in [0.3, 0.4) is 0 Å². The molecule has 1 fully saturated rings. The molecule has 2 aromatic heterocycles. The maximum absolute atomic E-state index is 12.6. The molecule has 0 unspecified atom stereocenters. The molecule has 0 aliphatic heterocycles. The summed E-state index contributed by atoms with van der Waals surface area (Å²) in [5.41, 5.74) is 1.30. The highest BCUT2D eigenvalue weighted by atomic mass is 35.5. The van der Waals surface area contributed by atoms with Gasteiger partial charge in [-0.05, 0) is 43.5 Å². The molecule has 1 aromatic carbocycles. The van der Waals surface area contributed by atoms with Gasteiger partial charge in [-0.2, -0.15) is 0 Å². The summed E-state index contributed by atoms with van der Waals surface area (Å²) in [4.78, 5) is 26.1. The molecular formula is C20H20ClN5O3S2. The van der Waals surface area contributed by atoms with Crippen LogP contribution < -0.4 is 11.2 Å². The van der Waals surface area contributed by atoms with E-state index in [-0.39, 0.29) is 18.3 Å². The number of hydrogen-bond acceptors (Lipinski definition) is 8. The van der Waals surface area contributed by atoms with Crippen LogP contribution in [-0.2, 0) is 9.53 Å². The lowest BCUT2D eigenvalue weighted by Gasteiger charge is -2.06. The van der Waals surface area contributed by atoms with Crippen LogP contribution in [0.1, 0.15) is 41.2 Å². The van der Waals surface area contributed by atoms with E-state index in [4.69, 9.17) is 22.2 Å². The molecule has 0 spiro atoms. The summed E-state index contributed by atoms with van der Waals surface area (Å²) in [6.07, 6.45) is 2.12. The molecule has 11 heteroatoms. The van der Waals surface area contributed by atoms with Crippen LogP contribution in [0.5, 0.6) is 0 Å². The van der Waals surface area contributed by atoms with Crippen molar-refractivity contribution in [2.24, 2.45) is 0 Å². The average Bonchev–Trinajstić information content (AvgIpc) is 3.40. The minimum Gasteiger partial charge on any atom is -0.462 e. The number of carbonyl (C=O) groups excluding carboxylic acids is 2. The Bertz CT molecular complexity index is 1110. The van der Waals surface area contributed by atoms with Gasteiger partial charge in [-0.3, -0.25) is 4.79 Å². The highest BCUT2D eigenvalue weighted by molar-refractivity contribution is 7.99. The summed E-state index contributed by atoms with van der Waals surface area (Å²) in [6.45, 7) is 1.98. The van der Waals surface area contributed by atoms with Gasteiger partial charge in [-0.25, -0.2) is 9.47 Å². The van der Waals surface area contributed by atoms with Gasteiger partial charge in [0.15, 0.2) is 5.82 Å². The minimum atomic E-state index is -0.480. The van der Waals surface area contributed by atoms with Gasteiger partial charge in [0.1, 0.15) is 4.88 Å². The Morgan fingerprint density at radius 1 is 1.32 bits per heavy atom. The van der Waals surface area contributed by atoms with Crippen LogP contribution in [0.4, 0.5) is 5.69 Å². The second-order valence-electron chi connectivity index (χ2n) is 6.90. The average molecular weight is 478 g/mol. The van der Waals surface area contributed by atoms with E-state index < -0.39 is 5.97 Å². The molecule has 1 aliphatic carbocycles. The quantitative estimate of drug-likeness (QED) is 0.284. The molecule has 31 heavy (non-hydrogen) atoms. The smallest absolute Gasteiger partial charge is 0.350 e. The minimum absolute atomic E-state index is 0.0778. The van der Waals surface area contributed by atoms with Gasteiger partial charge >= 0.3 is 5.97 Å². The van der Waals surface area contributed by atoms with Crippen molar-refractivity contribution < 1.29 is 14.3 Å². The van der Waals surface area contributed by atoms with Gasteiger partial charge < -0.3 is 15.9 Å². The zero-order chi connectivity index (χ0) is 22.0. The van der Waals surface area contributed by atoms with E-state index in [1.807, 2.05) is 12.1 Å². The van der Waals surface area contributed by atoms with Gasteiger partial charge in [-0.15, -0.1) is 21.5 Å². The van der Waals surface area contributed by atoms with Gasteiger partial charge in [0.05, 0.1) is 18.0 Å². The standard InChI is InChI=1S/C20H20ClN5O3S2/c1-2-29-19(28)17-14(9-15(31-17)11-5-7-13(21)8-6-11)23-16(27)10-30-20-25-24-18(26(20)22)12-3-4-12/h5-9,12H,2-4,10,22H2,1H3,(H,23,27). The van der Waals surface area contributed by atoms with Gasteiger partial charge in [-0.1, -0.05) is 35.5 Å². The number of esters is 1. The van der Waals surface area contributed by atoms with Crippen molar-refractivity contribution in [2.45, 2.75) is 30.8 Å². The number of nitrogens with two attached hydrogens (primary N) is 1. The highest BCUT2D eigenvalue weighted by Crippen LogP contribution is 2.39. The first-order chi connectivity index (χ1) is 15.0. The molecule has 1 saturated carbocycles. The number of benzene rings is 1. The number of aromatic nitrogens is 3. The molecule has 0 saturated heterocycles. The number of thiophene rings is 1. The normalized spacial score (nSPS) is 13.2. The van der Waals surface area contributed by atoms with Gasteiger partial charge in [0.25, 0.3) is 0 Å². The Morgan fingerprint density at radius 3 is 2.74 bits per heavy atom. The van der Waals surface area contributed by atoms with Gasteiger partial charge in [0.2, 0.25) is 11.1 Å². The molecule has 0 atom stereocenters. The first kappa shape index (κ1) is 21.7. The number of ether oxygens (including phenoxy) is 1. The van der Waals surface area contributed by atoms with Crippen LogP contribution in [0, 0.1) is 0 Å². The van der Waals surface area contributed by atoms with Crippen LogP contribution in [0.25, 0.3) is 10.4 Å². The van der Waals surface area contributed by atoms with Crippen molar-refractivity contribution in [1.82, 2.24) is 14.9 Å². The van der Waals surface area contributed by atoms with Crippen LogP contribution >= 0.6 is 34.7 Å².